The Kier molecular flexibility index (Phi) is 5.91. The third kappa shape index (κ3) is 4.19. The largest absolute Gasteiger partial charge is 0.394 e. The molecular weight excluding hydrogens is 340 g/mol. The van der Waals surface area contributed by atoms with E-state index in [2.05, 4.69) is 46.2 Å². The van der Waals surface area contributed by atoms with Gasteiger partial charge in [-0.05, 0) is 25.8 Å². The van der Waals surface area contributed by atoms with Crippen LogP contribution in [0, 0.1) is 0 Å². The number of aliphatic hydroxyl groups excluding tert-OH is 1. The molecule has 0 fully saturated rings. The summed E-state index contributed by atoms with van der Waals surface area (Å²) in [5, 5.41) is 12.8. The van der Waals surface area contributed by atoms with Crippen molar-refractivity contribution in [2.75, 3.05) is 23.9 Å². The summed E-state index contributed by atoms with van der Waals surface area (Å²) in [6.07, 6.45) is 2.60. The number of hydrogen-bond acceptors (Lipinski definition) is 6. The maximum atomic E-state index is 9.53. The number of anilines is 2. The van der Waals surface area contributed by atoms with E-state index in [9.17, 15) is 5.11 Å². The van der Waals surface area contributed by atoms with Crippen LogP contribution in [0.2, 0.25) is 0 Å². The van der Waals surface area contributed by atoms with Crippen LogP contribution in [0.5, 0.6) is 0 Å². The van der Waals surface area contributed by atoms with E-state index in [-0.39, 0.29) is 18.7 Å². The lowest BCUT2D eigenvalue weighted by atomic mass is 10.2. The molecule has 7 nitrogen and oxygen atoms in total. The third-order valence-electron chi connectivity index (χ3n) is 4.63. The highest BCUT2D eigenvalue weighted by Crippen LogP contribution is 2.26. The molecule has 2 N–H and O–H groups in total. The van der Waals surface area contributed by atoms with Gasteiger partial charge >= 0.3 is 0 Å². The lowest BCUT2D eigenvalue weighted by Crippen LogP contribution is -2.25. The minimum atomic E-state index is -0.0786. The summed E-state index contributed by atoms with van der Waals surface area (Å²) in [6.45, 7) is 6.99. The Bertz CT molecular complexity index is 873. The van der Waals surface area contributed by atoms with Gasteiger partial charge in [0.25, 0.3) is 0 Å². The molecule has 1 unspecified atom stereocenters. The van der Waals surface area contributed by atoms with E-state index in [1.807, 2.05) is 43.1 Å². The molecule has 1 atom stereocenters. The van der Waals surface area contributed by atoms with Gasteiger partial charge in [0.1, 0.15) is 0 Å². The lowest BCUT2D eigenvalue weighted by Gasteiger charge is -2.21. The number of fused-ring (bicyclic) bond motifs is 1. The molecule has 0 spiro atoms. The second kappa shape index (κ2) is 8.35. The number of aliphatic hydroxyl groups is 1. The molecule has 0 aliphatic rings. The molecule has 0 radical (unpaired) electrons. The van der Waals surface area contributed by atoms with Crippen molar-refractivity contribution in [3.8, 4) is 0 Å². The van der Waals surface area contributed by atoms with E-state index in [0.29, 0.717) is 5.95 Å². The van der Waals surface area contributed by atoms with E-state index in [1.165, 1.54) is 5.56 Å². The molecule has 2 aromatic heterocycles. The zero-order valence-corrected chi connectivity index (χ0v) is 16.4. The molecule has 7 heteroatoms. The molecule has 2 heterocycles. The van der Waals surface area contributed by atoms with Gasteiger partial charge in [0.2, 0.25) is 5.95 Å². The molecule has 3 rings (SSSR count). The predicted octanol–water partition coefficient (Wildman–Crippen LogP) is 3.23. The lowest BCUT2D eigenvalue weighted by molar-refractivity contribution is 0.271. The summed E-state index contributed by atoms with van der Waals surface area (Å²) in [7, 11) is 2.01. The Labute approximate surface area is 160 Å². The molecule has 1 aromatic carbocycles. The topological polar surface area (TPSA) is 79.1 Å². The first kappa shape index (κ1) is 19.1. The SMILES string of the molecule is CCC(CO)Nc1nc(N(C)Cc2ccccc2)c2ncn(C(C)C)c2n1. The molecule has 0 saturated carbocycles. The summed E-state index contributed by atoms with van der Waals surface area (Å²) in [6, 6.07) is 10.4. The monoisotopic (exact) mass is 368 g/mol. The number of nitrogens with zero attached hydrogens (tertiary/aromatic N) is 5. The van der Waals surface area contributed by atoms with Gasteiger partial charge in [-0.1, -0.05) is 37.3 Å². The molecule has 0 aliphatic heterocycles. The minimum absolute atomic E-state index is 0.0382. The van der Waals surface area contributed by atoms with E-state index >= 15 is 0 Å². The van der Waals surface area contributed by atoms with Crippen molar-refractivity contribution in [2.45, 2.75) is 45.8 Å². The molecule has 27 heavy (non-hydrogen) atoms. The second-order valence-electron chi connectivity index (χ2n) is 7.06. The van der Waals surface area contributed by atoms with Gasteiger partial charge in [0.15, 0.2) is 17.0 Å². The first-order valence-electron chi connectivity index (χ1n) is 9.40. The number of hydrogen-bond donors (Lipinski definition) is 2. The highest BCUT2D eigenvalue weighted by molar-refractivity contribution is 5.85. The molecule has 0 bridgehead atoms. The number of imidazole rings is 1. The zero-order chi connectivity index (χ0) is 19.4. The fraction of sp³-hybridized carbons (Fsp3) is 0.450. The standard InChI is InChI=1S/C20H28N6O/c1-5-16(12-27)22-20-23-18(25(4)11-15-9-7-6-8-10-15)17-19(24-20)26(13-21-17)14(2)3/h6-10,13-14,16,27H,5,11-12H2,1-4H3,(H,22,23,24). The van der Waals surface area contributed by atoms with Crippen molar-refractivity contribution in [2.24, 2.45) is 0 Å². The van der Waals surface area contributed by atoms with Gasteiger partial charge in [-0.3, -0.25) is 0 Å². The summed E-state index contributed by atoms with van der Waals surface area (Å²) in [5.41, 5.74) is 2.78. The summed E-state index contributed by atoms with van der Waals surface area (Å²) in [4.78, 5) is 16.1. The average molecular weight is 368 g/mol. The van der Waals surface area contributed by atoms with Crippen LogP contribution < -0.4 is 10.2 Å². The zero-order valence-electron chi connectivity index (χ0n) is 16.4. The fourth-order valence-corrected chi connectivity index (χ4v) is 3.00. The molecule has 0 saturated heterocycles. The maximum Gasteiger partial charge on any atom is 0.227 e. The molecular formula is C20H28N6O. The van der Waals surface area contributed by atoms with E-state index in [1.54, 1.807) is 0 Å². The van der Waals surface area contributed by atoms with E-state index < -0.39 is 0 Å². The Morgan fingerprint density at radius 3 is 2.56 bits per heavy atom. The highest BCUT2D eigenvalue weighted by Gasteiger charge is 2.19. The van der Waals surface area contributed by atoms with Crippen LogP contribution in [-0.2, 0) is 6.54 Å². The van der Waals surface area contributed by atoms with Crippen LogP contribution in [0.15, 0.2) is 36.7 Å². The Hall–Kier alpha value is -2.67. The van der Waals surface area contributed by atoms with Gasteiger partial charge in [0.05, 0.1) is 19.0 Å². The molecule has 144 valence electrons. The van der Waals surface area contributed by atoms with Crippen molar-refractivity contribution in [3.63, 3.8) is 0 Å². The quantitative estimate of drug-likeness (QED) is 0.635. The van der Waals surface area contributed by atoms with Gasteiger partial charge < -0.3 is 19.9 Å². The van der Waals surface area contributed by atoms with E-state index in [0.717, 1.165) is 29.9 Å². The van der Waals surface area contributed by atoms with Crippen LogP contribution >= 0.6 is 0 Å². The van der Waals surface area contributed by atoms with Crippen molar-refractivity contribution < 1.29 is 5.11 Å². The first-order valence-corrected chi connectivity index (χ1v) is 9.40. The van der Waals surface area contributed by atoms with Crippen LogP contribution in [0.3, 0.4) is 0 Å². The maximum absolute atomic E-state index is 9.53. The average Bonchev–Trinajstić information content (AvgIpc) is 3.10. The first-order chi connectivity index (χ1) is 13.0. The molecule has 0 amide bonds. The van der Waals surface area contributed by atoms with Gasteiger partial charge in [-0.25, -0.2) is 4.98 Å². The van der Waals surface area contributed by atoms with Gasteiger partial charge in [-0.15, -0.1) is 0 Å². The van der Waals surface area contributed by atoms with Crippen molar-refractivity contribution >= 4 is 22.9 Å². The number of benzene rings is 1. The van der Waals surface area contributed by atoms with Crippen molar-refractivity contribution in [1.82, 2.24) is 19.5 Å². The molecule has 0 aliphatic carbocycles. The second-order valence-corrected chi connectivity index (χ2v) is 7.06. The smallest absolute Gasteiger partial charge is 0.227 e. The molecule has 3 aromatic rings. The minimum Gasteiger partial charge on any atom is -0.394 e. The van der Waals surface area contributed by atoms with Gasteiger partial charge in [0, 0.05) is 19.6 Å². The fourth-order valence-electron chi connectivity index (χ4n) is 3.00. The Morgan fingerprint density at radius 2 is 1.93 bits per heavy atom. The van der Waals surface area contributed by atoms with Gasteiger partial charge in [-0.2, -0.15) is 9.97 Å². The Morgan fingerprint density at radius 1 is 1.19 bits per heavy atom. The normalized spacial score (nSPS) is 12.5. The highest BCUT2D eigenvalue weighted by atomic mass is 16.3. The van der Waals surface area contributed by atoms with Crippen LogP contribution in [0.4, 0.5) is 11.8 Å². The van der Waals surface area contributed by atoms with Crippen molar-refractivity contribution in [1.29, 1.82) is 0 Å². The van der Waals surface area contributed by atoms with Crippen LogP contribution in [0.1, 0.15) is 38.8 Å². The number of nitrogens with one attached hydrogen (secondary N) is 1. The van der Waals surface area contributed by atoms with Crippen LogP contribution in [-0.4, -0.2) is 44.3 Å². The summed E-state index contributed by atoms with van der Waals surface area (Å²) in [5.74, 6) is 1.29. The summed E-state index contributed by atoms with van der Waals surface area (Å²) >= 11 is 0. The Balaban J connectivity index is 2.03. The predicted molar refractivity (Wildman–Crippen MR) is 109 cm³/mol. The van der Waals surface area contributed by atoms with E-state index in [4.69, 9.17) is 4.98 Å². The van der Waals surface area contributed by atoms with Crippen molar-refractivity contribution in [3.05, 3.63) is 42.2 Å². The third-order valence-corrected chi connectivity index (χ3v) is 4.63. The number of aromatic nitrogens is 4. The number of rotatable bonds is 8. The van der Waals surface area contributed by atoms with Crippen LogP contribution in [0.25, 0.3) is 11.2 Å². The summed E-state index contributed by atoms with van der Waals surface area (Å²) < 4.78 is 2.04.